The van der Waals surface area contributed by atoms with Gasteiger partial charge in [0.15, 0.2) is 0 Å². The molecule has 0 fully saturated rings. The molecule has 0 aliphatic carbocycles. The second kappa shape index (κ2) is 14.9. The molecule has 0 nitrogen and oxygen atoms in total. The fraction of sp³-hybridized carbons (Fsp3) is 0.0526. The van der Waals surface area contributed by atoms with E-state index in [9.17, 15) is 0 Å². The second-order valence-electron chi connectivity index (χ2n) is 9.82. The van der Waals surface area contributed by atoms with Gasteiger partial charge in [-0.3, -0.25) is 0 Å². The van der Waals surface area contributed by atoms with E-state index >= 15 is 0 Å². The van der Waals surface area contributed by atoms with Crippen molar-refractivity contribution in [1.82, 2.24) is 0 Å². The summed E-state index contributed by atoms with van der Waals surface area (Å²) < 4.78 is 0. The summed E-state index contributed by atoms with van der Waals surface area (Å²) in [5.41, 5.74) is 5.58. The summed E-state index contributed by atoms with van der Waals surface area (Å²) in [4.78, 5) is 0. The zero-order valence-corrected chi connectivity index (χ0v) is 24.3. The summed E-state index contributed by atoms with van der Waals surface area (Å²) in [6.45, 7) is 0. The molecule has 0 heterocycles. The van der Waals surface area contributed by atoms with Crippen LogP contribution in [-0.2, 0) is 12.3 Å². The van der Waals surface area contributed by atoms with E-state index in [0.29, 0.717) is 0 Å². The predicted octanol–water partition coefficient (Wildman–Crippen LogP) is 7.97. The Kier molecular flexibility index (Phi) is 10.8. The van der Waals surface area contributed by atoms with Gasteiger partial charge in [-0.2, -0.15) is 0 Å². The zero-order chi connectivity index (χ0) is 27.0. The average molecular weight is 575 g/mol. The SMILES string of the molecule is [NaH].c1ccc(-c2cccc(CP(c3ccccc3)c3ccccc3)c2CP(c2ccccc2)c2ccccc2)cc1. The van der Waals surface area contributed by atoms with Crippen molar-refractivity contribution >= 4 is 66.6 Å². The van der Waals surface area contributed by atoms with Crippen LogP contribution < -0.4 is 21.2 Å². The topological polar surface area (TPSA) is 0 Å². The third-order valence-corrected chi connectivity index (χ3v) is 12.2. The third kappa shape index (κ3) is 7.34. The van der Waals surface area contributed by atoms with Crippen LogP contribution in [0.15, 0.2) is 170 Å². The number of hydrogen-bond acceptors (Lipinski definition) is 0. The summed E-state index contributed by atoms with van der Waals surface area (Å²) in [6, 6.07) is 62.3. The van der Waals surface area contributed by atoms with Crippen molar-refractivity contribution in [3.05, 3.63) is 181 Å². The molecule has 6 aromatic rings. The van der Waals surface area contributed by atoms with Crippen LogP contribution in [0.1, 0.15) is 11.1 Å². The Labute approximate surface area is 269 Å². The van der Waals surface area contributed by atoms with E-state index in [1.807, 2.05) is 0 Å². The molecule has 0 aliphatic rings. The zero-order valence-electron chi connectivity index (χ0n) is 22.5. The van der Waals surface area contributed by atoms with E-state index in [4.69, 9.17) is 0 Å². The molecule has 6 aromatic carbocycles. The van der Waals surface area contributed by atoms with Crippen molar-refractivity contribution in [3.63, 3.8) is 0 Å². The van der Waals surface area contributed by atoms with Gasteiger partial charge in [0.05, 0.1) is 0 Å². The summed E-state index contributed by atoms with van der Waals surface area (Å²) in [7, 11) is -1.13. The van der Waals surface area contributed by atoms with Crippen LogP contribution in [-0.4, -0.2) is 29.6 Å². The van der Waals surface area contributed by atoms with E-state index < -0.39 is 15.8 Å². The first-order chi connectivity index (χ1) is 19.9. The molecule has 0 unspecified atom stereocenters. The first kappa shape index (κ1) is 29.7. The molecular formula is C38H33NaP2. The van der Waals surface area contributed by atoms with E-state index in [1.165, 1.54) is 43.5 Å². The predicted molar refractivity (Wildman–Crippen MR) is 185 cm³/mol. The fourth-order valence-electron chi connectivity index (χ4n) is 5.28. The Morgan fingerprint density at radius 1 is 0.341 bits per heavy atom. The molecule has 0 aliphatic heterocycles. The molecule has 0 radical (unpaired) electrons. The Hall–Kier alpha value is -2.82. The second-order valence-corrected chi connectivity index (χ2v) is 14.2. The smallest absolute Gasteiger partial charge is 0.00165 e. The van der Waals surface area contributed by atoms with E-state index in [0.717, 1.165) is 12.3 Å². The van der Waals surface area contributed by atoms with Crippen molar-refractivity contribution in [3.8, 4) is 11.1 Å². The Morgan fingerprint density at radius 3 is 1.12 bits per heavy atom. The molecule has 0 saturated heterocycles. The minimum absolute atomic E-state index is 0. The maximum absolute atomic E-state index is 2.38. The van der Waals surface area contributed by atoms with Crippen LogP contribution >= 0.6 is 15.8 Å². The Morgan fingerprint density at radius 2 is 0.707 bits per heavy atom. The van der Waals surface area contributed by atoms with Crippen LogP contribution in [0.4, 0.5) is 0 Å². The molecule has 0 aromatic heterocycles. The van der Waals surface area contributed by atoms with E-state index in [1.54, 1.807) is 0 Å². The van der Waals surface area contributed by atoms with Gasteiger partial charge in [0.25, 0.3) is 0 Å². The summed E-state index contributed by atoms with van der Waals surface area (Å²) >= 11 is 0. The molecule has 41 heavy (non-hydrogen) atoms. The summed E-state index contributed by atoms with van der Waals surface area (Å²) in [6.07, 6.45) is 2.03. The van der Waals surface area contributed by atoms with E-state index in [-0.39, 0.29) is 29.6 Å². The quantitative estimate of drug-likeness (QED) is 0.121. The van der Waals surface area contributed by atoms with Crippen molar-refractivity contribution in [2.75, 3.05) is 0 Å². The average Bonchev–Trinajstić information content (AvgIpc) is 3.05. The normalized spacial score (nSPS) is 10.9. The summed E-state index contributed by atoms with van der Waals surface area (Å²) in [5.74, 6) is 0. The molecule has 0 amide bonds. The molecule has 0 spiro atoms. The van der Waals surface area contributed by atoms with Gasteiger partial charge in [-0.1, -0.05) is 170 Å². The van der Waals surface area contributed by atoms with Crippen LogP contribution in [0.3, 0.4) is 0 Å². The summed E-state index contributed by atoms with van der Waals surface area (Å²) in [5, 5.41) is 5.69. The monoisotopic (exact) mass is 574 g/mol. The van der Waals surface area contributed by atoms with Gasteiger partial charge in [-0.25, -0.2) is 0 Å². The van der Waals surface area contributed by atoms with Gasteiger partial charge in [-0.05, 0) is 59.3 Å². The first-order valence-electron chi connectivity index (χ1n) is 13.8. The molecule has 3 heteroatoms. The Bertz CT molecular complexity index is 1540. The number of rotatable bonds is 9. The molecule has 0 atom stereocenters. The molecular weight excluding hydrogens is 541 g/mol. The van der Waals surface area contributed by atoms with Gasteiger partial charge in [0.2, 0.25) is 0 Å². The third-order valence-electron chi connectivity index (χ3n) is 7.27. The minimum Gasteiger partial charge on any atom is -0.0622 e. The van der Waals surface area contributed by atoms with Crippen molar-refractivity contribution < 1.29 is 0 Å². The molecule has 0 bridgehead atoms. The van der Waals surface area contributed by atoms with Gasteiger partial charge < -0.3 is 0 Å². The molecule has 6 rings (SSSR count). The largest absolute Gasteiger partial charge is 0.0622 e. The minimum atomic E-state index is -0.576. The van der Waals surface area contributed by atoms with Crippen LogP contribution in [0.5, 0.6) is 0 Å². The first-order valence-corrected chi connectivity index (χ1v) is 16.8. The van der Waals surface area contributed by atoms with Crippen LogP contribution in [0, 0.1) is 0 Å². The van der Waals surface area contributed by atoms with Crippen LogP contribution in [0.2, 0.25) is 0 Å². The van der Waals surface area contributed by atoms with Crippen molar-refractivity contribution in [2.45, 2.75) is 12.3 Å². The van der Waals surface area contributed by atoms with Crippen molar-refractivity contribution in [1.29, 1.82) is 0 Å². The maximum Gasteiger partial charge on any atom is 0.00165 e. The van der Waals surface area contributed by atoms with E-state index in [2.05, 4.69) is 170 Å². The molecule has 0 saturated carbocycles. The number of hydrogen-bond donors (Lipinski definition) is 0. The van der Waals surface area contributed by atoms with Gasteiger partial charge in [0, 0.05) is 12.3 Å². The molecule has 196 valence electrons. The molecule has 0 N–H and O–H groups in total. The van der Waals surface area contributed by atoms with Crippen LogP contribution in [0.25, 0.3) is 11.1 Å². The standard InChI is InChI=1S/C38H32P2.Na.H/c1-6-17-31(18-7-1)37-28-16-19-32(29-39(33-20-8-2-9-21-33)34-22-10-3-11-23-34)38(37)30-40(35-24-12-4-13-25-35)36-26-14-5-15-27-36;;/h1-28H,29-30H2;;. The van der Waals surface area contributed by atoms with Gasteiger partial charge in [-0.15, -0.1) is 0 Å². The maximum atomic E-state index is 2.38. The fourth-order valence-corrected chi connectivity index (χ4v) is 10.1. The van der Waals surface area contributed by atoms with Crippen molar-refractivity contribution in [2.24, 2.45) is 0 Å². The number of benzene rings is 6. The van der Waals surface area contributed by atoms with Gasteiger partial charge >= 0.3 is 29.6 Å². The van der Waals surface area contributed by atoms with Gasteiger partial charge in [0.1, 0.15) is 0 Å². The Balaban J connectivity index is 0.00000337.